The maximum absolute atomic E-state index is 5.60. The highest BCUT2D eigenvalue weighted by molar-refractivity contribution is 5.12. The van der Waals surface area contributed by atoms with Gasteiger partial charge in [0, 0.05) is 6.54 Å². The maximum atomic E-state index is 5.60. The van der Waals surface area contributed by atoms with Crippen molar-refractivity contribution in [1.82, 2.24) is 15.0 Å². The van der Waals surface area contributed by atoms with E-state index in [9.17, 15) is 0 Å². The van der Waals surface area contributed by atoms with Crippen molar-refractivity contribution in [2.75, 3.05) is 0 Å². The molecule has 0 radical (unpaired) electrons. The molecular formula is C9H16N4. The molecule has 0 aliphatic heterocycles. The lowest BCUT2D eigenvalue weighted by atomic mass is 10.2. The molecule has 1 fully saturated rings. The molecule has 0 bridgehead atoms. The van der Waals surface area contributed by atoms with Crippen LogP contribution in [0.1, 0.15) is 43.6 Å². The summed E-state index contributed by atoms with van der Waals surface area (Å²) in [6.45, 7) is 2.69. The molecule has 72 valence electrons. The second-order valence-corrected chi connectivity index (χ2v) is 3.61. The summed E-state index contributed by atoms with van der Waals surface area (Å²) in [5.74, 6) is 0. The Kier molecular flexibility index (Phi) is 2.31. The summed E-state index contributed by atoms with van der Waals surface area (Å²) in [5.41, 5.74) is 7.84. The summed E-state index contributed by atoms with van der Waals surface area (Å²) in [4.78, 5) is 0. The number of rotatable bonds is 4. The van der Waals surface area contributed by atoms with Crippen LogP contribution in [0.5, 0.6) is 0 Å². The minimum atomic E-state index is 0.516. The Morgan fingerprint density at radius 3 is 2.85 bits per heavy atom. The molecule has 2 N–H and O–H groups in total. The average molecular weight is 180 g/mol. The lowest BCUT2D eigenvalue weighted by Gasteiger charge is -2.03. The van der Waals surface area contributed by atoms with E-state index in [2.05, 4.69) is 21.9 Å². The number of aromatic nitrogens is 3. The molecule has 1 aliphatic carbocycles. The number of hydrogen-bond acceptors (Lipinski definition) is 3. The molecule has 0 spiro atoms. The van der Waals surface area contributed by atoms with Crippen LogP contribution < -0.4 is 5.73 Å². The topological polar surface area (TPSA) is 56.7 Å². The second kappa shape index (κ2) is 3.46. The SMILES string of the molecule is CCCc1c(CN)nnn1C1CC1. The van der Waals surface area contributed by atoms with Crippen molar-refractivity contribution in [1.29, 1.82) is 0 Å². The Bertz CT molecular complexity index is 288. The molecule has 4 nitrogen and oxygen atoms in total. The molecule has 1 heterocycles. The van der Waals surface area contributed by atoms with Crippen LogP contribution in [0.4, 0.5) is 0 Å². The second-order valence-electron chi connectivity index (χ2n) is 3.61. The molecule has 0 unspecified atom stereocenters. The first-order valence-corrected chi connectivity index (χ1v) is 4.99. The van der Waals surface area contributed by atoms with Gasteiger partial charge in [-0.2, -0.15) is 0 Å². The first-order chi connectivity index (χ1) is 6.36. The third-order valence-electron chi connectivity index (χ3n) is 2.44. The predicted octanol–water partition coefficient (Wildman–Crippen LogP) is 1.02. The van der Waals surface area contributed by atoms with Crippen LogP contribution >= 0.6 is 0 Å². The number of hydrogen-bond donors (Lipinski definition) is 1. The van der Waals surface area contributed by atoms with Gasteiger partial charge in [-0.3, -0.25) is 0 Å². The Morgan fingerprint density at radius 1 is 1.54 bits per heavy atom. The molecule has 1 saturated carbocycles. The lowest BCUT2D eigenvalue weighted by Crippen LogP contribution is -2.06. The minimum Gasteiger partial charge on any atom is -0.325 e. The fraction of sp³-hybridized carbons (Fsp3) is 0.778. The quantitative estimate of drug-likeness (QED) is 0.752. The molecule has 0 amide bonds. The third-order valence-corrected chi connectivity index (χ3v) is 2.44. The van der Waals surface area contributed by atoms with E-state index < -0.39 is 0 Å². The molecule has 13 heavy (non-hydrogen) atoms. The highest BCUT2D eigenvalue weighted by Gasteiger charge is 2.27. The molecule has 1 aromatic rings. The van der Waals surface area contributed by atoms with Crippen molar-refractivity contribution >= 4 is 0 Å². The highest BCUT2D eigenvalue weighted by Crippen LogP contribution is 2.35. The van der Waals surface area contributed by atoms with E-state index in [0.717, 1.165) is 18.5 Å². The van der Waals surface area contributed by atoms with Gasteiger partial charge in [-0.1, -0.05) is 18.6 Å². The van der Waals surface area contributed by atoms with Gasteiger partial charge in [-0.15, -0.1) is 5.10 Å². The van der Waals surface area contributed by atoms with Crippen molar-refractivity contribution < 1.29 is 0 Å². The van der Waals surface area contributed by atoms with Crippen LogP contribution in [0, 0.1) is 0 Å². The van der Waals surface area contributed by atoms with Crippen molar-refractivity contribution in [2.24, 2.45) is 5.73 Å². The third kappa shape index (κ3) is 1.58. The largest absolute Gasteiger partial charge is 0.325 e. The van der Waals surface area contributed by atoms with Gasteiger partial charge in [-0.25, -0.2) is 4.68 Å². The molecule has 0 atom stereocenters. The summed E-state index contributed by atoms with van der Waals surface area (Å²) < 4.78 is 2.08. The van der Waals surface area contributed by atoms with E-state index in [0.29, 0.717) is 12.6 Å². The van der Waals surface area contributed by atoms with Gasteiger partial charge in [0.25, 0.3) is 0 Å². The first-order valence-electron chi connectivity index (χ1n) is 4.99. The molecule has 4 heteroatoms. The van der Waals surface area contributed by atoms with Gasteiger partial charge >= 0.3 is 0 Å². The normalized spacial score (nSPS) is 16.5. The first kappa shape index (κ1) is 8.69. The maximum Gasteiger partial charge on any atom is 0.0994 e. The lowest BCUT2D eigenvalue weighted by molar-refractivity contribution is 0.578. The van der Waals surface area contributed by atoms with E-state index in [-0.39, 0.29) is 0 Å². The smallest absolute Gasteiger partial charge is 0.0994 e. The van der Waals surface area contributed by atoms with Crippen LogP contribution in [0.3, 0.4) is 0 Å². The van der Waals surface area contributed by atoms with E-state index >= 15 is 0 Å². The Hall–Kier alpha value is -0.900. The molecule has 0 aromatic carbocycles. The van der Waals surface area contributed by atoms with Crippen LogP contribution in [0.2, 0.25) is 0 Å². The number of nitrogens with zero attached hydrogens (tertiary/aromatic N) is 3. The Labute approximate surface area is 78.1 Å². The van der Waals surface area contributed by atoms with E-state index in [1.807, 2.05) is 0 Å². The summed E-state index contributed by atoms with van der Waals surface area (Å²) in [7, 11) is 0. The van der Waals surface area contributed by atoms with Gasteiger partial charge in [-0.05, 0) is 19.3 Å². The van der Waals surface area contributed by atoms with E-state index in [1.54, 1.807) is 0 Å². The standard InChI is InChI=1S/C9H16N4/c1-2-3-9-8(6-10)11-12-13(9)7-4-5-7/h7H,2-6,10H2,1H3. The summed E-state index contributed by atoms with van der Waals surface area (Å²) >= 11 is 0. The molecule has 1 aliphatic rings. The van der Waals surface area contributed by atoms with Crippen LogP contribution in [-0.2, 0) is 13.0 Å². The van der Waals surface area contributed by atoms with Gasteiger partial charge < -0.3 is 5.73 Å². The molecule has 1 aromatic heterocycles. The summed E-state index contributed by atoms with van der Waals surface area (Å²) in [5, 5.41) is 8.26. The fourth-order valence-electron chi connectivity index (χ4n) is 1.61. The van der Waals surface area contributed by atoms with Gasteiger partial charge in [0.15, 0.2) is 0 Å². The van der Waals surface area contributed by atoms with Crippen molar-refractivity contribution in [3.05, 3.63) is 11.4 Å². The summed E-state index contributed by atoms with van der Waals surface area (Å²) in [6.07, 6.45) is 4.69. The number of nitrogens with two attached hydrogens (primary N) is 1. The van der Waals surface area contributed by atoms with Gasteiger partial charge in [0.1, 0.15) is 0 Å². The minimum absolute atomic E-state index is 0.516. The summed E-state index contributed by atoms with van der Waals surface area (Å²) in [6, 6.07) is 0.620. The monoisotopic (exact) mass is 180 g/mol. The molecule has 0 saturated heterocycles. The predicted molar refractivity (Wildman–Crippen MR) is 50.2 cm³/mol. The van der Waals surface area contributed by atoms with Crippen molar-refractivity contribution in [3.8, 4) is 0 Å². The van der Waals surface area contributed by atoms with Crippen molar-refractivity contribution in [3.63, 3.8) is 0 Å². The average Bonchev–Trinajstić information content (AvgIpc) is 2.90. The highest BCUT2D eigenvalue weighted by atomic mass is 15.5. The zero-order valence-electron chi connectivity index (χ0n) is 8.03. The van der Waals surface area contributed by atoms with Crippen LogP contribution in [0.25, 0.3) is 0 Å². The van der Waals surface area contributed by atoms with Crippen molar-refractivity contribution in [2.45, 2.75) is 45.2 Å². The van der Waals surface area contributed by atoms with E-state index in [4.69, 9.17) is 5.73 Å². The molecular weight excluding hydrogens is 164 g/mol. The van der Waals surface area contributed by atoms with Crippen LogP contribution in [-0.4, -0.2) is 15.0 Å². The zero-order chi connectivity index (χ0) is 9.26. The Morgan fingerprint density at radius 2 is 2.31 bits per heavy atom. The van der Waals surface area contributed by atoms with Gasteiger partial charge in [0.2, 0.25) is 0 Å². The molecule has 2 rings (SSSR count). The zero-order valence-corrected chi connectivity index (χ0v) is 8.03. The van der Waals surface area contributed by atoms with Gasteiger partial charge in [0.05, 0.1) is 17.4 Å². The van der Waals surface area contributed by atoms with Crippen LogP contribution in [0.15, 0.2) is 0 Å². The van der Waals surface area contributed by atoms with E-state index in [1.165, 1.54) is 18.5 Å². The Balaban J connectivity index is 2.26. The fourth-order valence-corrected chi connectivity index (χ4v) is 1.61.